The summed E-state index contributed by atoms with van der Waals surface area (Å²) >= 11 is 0. The van der Waals surface area contributed by atoms with Crippen LogP contribution in [0.15, 0.2) is 0 Å². The van der Waals surface area contributed by atoms with E-state index in [0.717, 1.165) is 36.1 Å². The zero-order valence-corrected chi connectivity index (χ0v) is 13.3. The normalized spacial score (nSPS) is 17.2. The molecule has 0 atom stereocenters. The van der Waals surface area contributed by atoms with Crippen LogP contribution in [0.3, 0.4) is 0 Å². The van der Waals surface area contributed by atoms with Gasteiger partial charge in [0.25, 0.3) is 0 Å². The molecule has 0 spiro atoms. The first-order chi connectivity index (χ1) is 9.60. The molecule has 112 valence electrons. The number of hydrogen-bond acceptors (Lipinski definition) is 4. The lowest BCUT2D eigenvalue weighted by molar-refractivity contribution is 0.306. The highest BCUT2D eigenvalue weighted by Gasteiger charge is 2.31. The second-order valence-corrected chi connectivity index (χ2v) is 6.04. The maximum atomic E-state index is 4.58. The van der Waals surface area contributed by atoms with E-state index < -0.39 is 0 Å². The molecule has 0 aliphatic heterocycles. The third kappa shape index (κ3) is 3.22. The van der Waals surface area contributed by atoms with E-state index in [1.807, 2.05) is 6.92 Å². The first-order valence-electron chi connectivity index (χ1n) is 7.93. The van der Waals surface area contributed by atoms with Gasteiger partial charge >= 0.3 is 0 Å². The molecule has 0 unspecified atom stereocenters. The molecule has 1 aliphatic rings. The van der Waals surface area contributed by atoms with Gasteiger partial charge in [-0.3, -0.25) is 0 Å². The van der Waals surface area contributed by atoms with Crippen molar-refractivity contribution in [3.8, 4) is 0 Å². The summed E-state index contributed by atoms with van der Waals surface area (Å²) in [5, 5.41) is 6.91. The highest BCUT2D eigenvalue weighted by atomic mass is 15.1. The highest BCUT2D eigenvalue weighted by molar-refractivity contribution is 5.57. The summed E-state index contributed by atoms with van der Waals surface area (Å²) in [5.74, 6) is 2.78. The molecule has 0 amide bonds. The van der Waals surface area contributed by atoms with Crippen LogP contribution in [0.2, 0.25) is 0 Å². The van der Waals surface area contributed by atoms with Crippen LogP contribution in [0, 0.1) is 19.3 Å². The van der Waals surface area contributed by atoms with Crippen molar-refractivity contribution in [2.45, 2.75) is 59.8 Å². The monoisotopic (exact) mass is 276 g/mol. The van der Waals surface area contributed by atoms with E-state index in [1.54, 1.807) is 0 Å². The van der Waals surface area contributed by atoms with Crippen molar-refractivity contribution in [2.24, 2.45) is 5.41 Å². The van der Waals surface area contributed by atoms with Gasteiger partial charge in [-0.1, -0.05) is 19.8 Å². The van der Waals surface area contributed by atoms with Gasteiger partial charge in [0.05, 0.1) is 0 Å². The van der Waals surface area contributed by atoms with Crippen LogP contribution in [0.1, 0.15) is 57.3 Å². The van der Waals surface area contributed by atoms with Crippen molar-refractivity contribution >= 4 is 11.6 Å². The number of anilines is 2. The van der Waals surface area contributed by atoms with Crippen LogP contribution in [-0.2, 0) is 0 Å². The molecule has 2 rings (SSSR count). The Balaban J connectivity index is 2.12. The molecule has 1 aromatic heterocycles. The van der Waals surface area contributed by atoms with Crippen LogP contribution >= 0.6 is 0 Å². The minimum absolute atomic E-state index is 0.476. The molecule has 20 heavy (non-hydrogen) atoms. The van der Waals surface area contributed by atoms with E-state index >= 15 is 0 Å². The topological polar surface area (TPSA) is 49.8 Å². The van der Waals surface area contributed by atoms with E-state index in [1.165, 1.54) is 32.1 Å². The van der Waals surface area contributed by atoms with Gasteiger partial charge in [-0.15, -0.1) is 0 Å². The first-order valence-corrected chi connectivity index (χ1v) is 7.93. The molecule has 0 radical (unpaired) electrons. The van der Waals surface area contributed by atoms with Crippen LogP contribution < -0.4 is 10.6 Å². The van der Waals surface area contributed by atoms with E-state index in [0.29, 0.717) is 5.41 Å². The van der Waals surface area contributed by atoms with Crippen molar-refractivity contribution in [3.63, 3.8) is 0 Å². The zero-order chi connectivity index (χ0) is 14.6. The Morgan fingerprint density at radius 1 is 1.00 bits per heavy atom. The van der Waals surface area contributed by atoms with E-state index in [9.17, 15) is 0 Å². The van der Waals surface area contributed by atoms with Crippen molar-refractivity contribution in [2.75, 3.05) is 23.7 Å². The second-order valence-electron chi connectivity index (χ2n) is 6.04. The van der Waals surface area contributed by atoms with E-state index in [2.05, 4.69) is 41.4 Å². The quantitative estimate of drug-likeness (QED) is 0.827. The number of rotatable bonds is 6. The molecule has 4 heteroatoms. The van der Waals surface area contributed by atoms with Gasteiger partial charge in [0.2, 0.25) is 0 Å². The molecule has 0 aromatic carbocycles. The van der Waals surface area contributed by atoms with Gasteiger partial charge in [-0.2, -0.15) is 0 Å². The van der Waals surface area contributed by atoms with Gasteiger partial charge in [-0.25, -0.2) is 9.97 Å². The summed E-state index contributed by atoms with van der Waals surface area (Å²) in [6, 6.07) is 0. The Bertz CT molecular complexity index is 450. The fourth-order valence-corrected chi connectivity index (χ4v) is 3.19. The van der Waals surface area contributed by atoms with E-state index in [-0.39, 0.29) is 0 Å². The van der Waals surface area contributed by atoms with Crippen molar-refractivity contribution < 1.29 is 0 Å². The van der Waals surface area contributed by atoms with Crippen LogP contribution in [-0.4, -0.2) is 23.1 Å². The number of aromatic nitrogens is 2. The minimum Gasteiger partial charge on any atom is -0.370 e. The number of aryl methyl sites for hydroxylation is 1. The maximum absolute atomic E-state index is 4.58. The lowest BCUT2D eigenvalue weighted by atomic mass is 9.83. The van der Waals surface area contributed by atoms with Crippen LogP contribution in [0.4, 0.5) is 11.6 Å². The number of hydrogen-bond donors (Lipinski definition) is 2. The molecule has 0 saturated heterocycles. The van der Waals surface area contributed by atoms with Crippen LogP contribution in [0.25, 0.3) is 0 Å². The molecule has 1 heterocycles. The van der Waals surface area contributed by atoms with Gasteiger partial charge in [0.15, 0.2) is 0 Å². The van der Waals surface area contributed by atoms with Gasteiger partial charge in [0.1, 0.15) is 17.5 Å². The number of nitrogens with one attached hydrogen (secondary N) is 2. The molecular weight excluding hydrogens is 248 g/mol. The SMILES string of the molecule is CCNc1nc(C)nc(NCC2(CC)CCCC2)c1C. The summed E-state index contributed by atoms with van der Waals surface area (Å²) in [6.07, 6.45) is 6.70. The maximum Gasteiger partial charge on any atom is 0.134 e. The van der Waals surface area contributed by atoms with Crippen molar-refractivity contribution in [1.29, 1.82) is 0 Å². The molecular formula is C16H28N4. The predicted molar refractivity (Wildman–Crippen MR) is 85.4 cm³/mol. The summed E-state index contributed by atoms with van der Waals surface area (Å²) < 4.78 is 0. The van der Waals surface area contributed by atoms with Crippen molar-refractivity contribution in [3.05, 3.63) is 11.4 Å². The molecule has 0 bridgehead atoms. The Kier molecular flexibility index (Phi) is 4.84. The Hall–Kier alpha value is -1.32. The Labute approximate surface area is 122 Å². The molecule has 1 fully saturated rings. The first kappa shape index (κ1) is 15.1. The molecule has 1 aliphatic carbocycles. The summed E-state index contributed by atoms with van der Waals surface area (Å²) in [7, 11) is 0. The smallest absolute Gasteiger partial charge is 0.134 e. The Morgan fingerprint density at radius 2 is 1.60 bits per heavy atom. The average molecular weight is 276 g/mol. The van der Waals surface area contributed by atoms with Crippen LogP contribution in [0.5, 0.6) is 0 Å². The summed E-state index contributed by atoms with van der Waals surface area (Å²) in [6.45, 7) is 10.4. The second kappa shape index (κ2) is 6.42. The lowest BCUT2D eigenvalue weighted by Gasteiger charge is -2.28. The third-order valence-electron chi connectivity index (χ3n) is 4.65. The van der Waals surface area contributed by atoms with E-state index in [4.69, 9.17) is 0 Å². The number of nitrogens with zero attached hydrogens (tertiary/aromatic N) is 2. The predicted octanol–water partition coefficient (Wildman–Crippen LogP) is 3.91. The lowest BCUT2D eigenvalue weighted by Crippen LogP contribution is -2.26. The van der Waals surface area contributed by atoms with Gasteiger partial charge in [-0.05, 0) is 45.4 Å². The largest absolute Gasteiger partial charge is 0.370 e. The molecule has 4 nitrogen and oxygen atoms in total. The highest BCUT2D eigenvalue weighted by Crippen LogP contribution is 2.41. The molecule has 1 saturated carbocycles. The summed E-state index contributed by atoms with van der Waals surface area (Å²) in [4.78, 5) is 9.06. The fourth-order valence-electron chi connectivity index (χ4n) is 3.19. The zero-order valence-electron chi connectivity index (χ0n) is 13.3. The molecule has 2 N–H and O–H groups in total. The van der Waals surface area contributed by atoms with Crippen molar-refractivity contribution in [1.82, 2.24) is 9.97 Å². The average Bonchev–Trinajstić information content (AvgIpc) is 2.90. The summed E-state index contributed by atoms with van der Waals surface area (Å²) in [5.41, 5.74) is 1.60. The van der Waals surface area contributed by atoms with Gasteiger partial charge in [0, 0.05) is 18.7 Å². The fraction of sp³-hybridized carbons (Fsp3) is 0.750. The standard InChI is InChI=1S/C16H28N4/c1-5-16(9-7-8-10-16)11-18-15-12(3)14(17-6-2)19-13(4)20-15/h5-11H2,1-4H3,(H2,17,18,19,20). The molecule has 1 aromatic rings. The Morgan fingerprint density at radius 3 is 2.15 bits per heavy atom. The third-order valence-corrected chi connectivity index (χ3v) is 4.65. The van der Waals surface area contributed by atoms with Gasteiger partial charge < -0.3 is 10.6 Å². The minimum atomic E-state index is 0.476.